The van der Waals surface area contributed by atoms with Crippen LogP contribution in [0.5, 0.6) is 0 Å². The molecule has 0 heterocycles. The molecule has 1 aliphatic rings. The molecular formula is C17H36N2. The second-order valence-corrected chi connectivity index (χ2v) is 7.10. The normalized spacial score (nSPS) is 24.6. The average molecular weight is 268 g/mol. The predicted molar refractivity (Wildman–Crippen MR) is 85.6 cm³/mol. The molecule has 1 aliphatic carbocycles. The fourth-order valence-corrected chi connectivity index (χ4v) is 3.07. The number of hydrogen-bond donors (Lipinski definition) is 1. The van der Waals surface area contributed by atoms with Gasteiger partial charge >= 0.3 is 0 Å². The molecule has 114 valence electrons. The minimum absolute atomic E-state index is 0.679. The fraction of sp³-hybridized carbons (Fsp3) is 1.00. The summed E-state index contributed by atoms with van der Waals surface area (Å²) in [6.07, 6.45) is 8.33. The SMILES string of the molecule is CC(C)C1CCCC(NCCCCN(C)C(C)C)C1. The molecule has 0 aromatic carbocycles. The van der Waals surface area contributed by atoms with Crippen LogP contribution in [0.4, 0.5) is 0 Å². The Bertz CT molecular complexity index is 225. The molecule has 1 rings (SSSR count). The van der Waals surface area contributed by atoms with Gasteiger partial charge in [-0.25, -0.2) is 0 Å². The first kappa shape index (κ1) is 17.0. The topological polar surface area (TPSA) is 15.3 Å². The summed E-state index contributed by atoms with van der Waals surface area (Å²) in [7, 11) is 2.23. The van der Waals surface area contributed by atoms with Crippen LogP contribution < -0.4 is 5.32 Å². The van der Waals surface area contributed by atoms with Crippen LogP contribution >= 0.6 is 0 Å². The molecule has 0 radical (unpaired) electrons. The van der Waals surface area contributed by atoms with Crippen LogP contribution in [0.25, 0.3) is 0 Å². The number of hydrogen-bond acceptors (Lipinski definition) is 2. The minimum Gasteiger partial charge on any atom is -0.314 e. The summed E-state index contributed by atoms with van der Waals surface area (Å²) in [5.41, 5.74) is 0. The molecule has 0 aromatic rings. The Morgan fingerprint density at radius 3 is 2.47 bits per heavy atom. The van der Waals surface area contributed by atoms with Crippen molar-refractivity contribution in [1.82, 2.24) is 10.2 Å². The Balaban J connectivity index is 2.06. The minimum atomic E-state index is 0.679. The van der Waals surface area contributed by atoms with Gasteiger partial charge in [-0.3, -0.25) is 0 Å². The monoisotopic (exact) mass is 268 g/mol. The van der Waals surface area contributed by atoms with Gasteiger partial charge in [0.1, 0.15) is 0 Å². The van der Waals surface area contributed by atoms with Crippen molar-refractivity contribution in [2.75, 3.05) is 20.1 Å². The zero-order chi connectivity index (χ0) is 14.3. The van der Waals surface area contributed by atoms with E-state index in [4.69, 9.17) is 0 Å². The van der Waals surface area contributed by atoms with E-state index in [1.165, 1.54) is 51.6 Å². The van der Waals surface area contributed by atoms with E-state index in [1.54, 1.807) is 0 Å². The van der Waals surface area contributed by atoms with E-state index in [0.29, 0.717) is 6.04 Å². The average Bonchev–Trinajstić information content (AvgIpc) is 2.38. The summed E-state index contributed by atoms with van der Waals surface area (Å²) in [4.78, 5) is 2.44. The first-order valence-electron chi connectivity index (χ1n) is 8.44. The lowest BCUT2D eigenvalue weighted by atomic mass is 9.79. The lowest BCUT2D eigenvalue weighted by Crippen LogP contribution is -2.36. The number of rotatable bonds is 8. The third kappa shape index (κ3) is 6.76. The molecule has 1 fully saturated rings. The van der Waals surface area contributed by atoms with Crippen molar-refractivity contribution in [3.05, 3.63) is 0 Å². The Morgan fingerprint density at radius 1 is 1.11 bits per heavy atom. The molecule has 2 heteroatoms. The molecule has 2 unspecified atom stereocenters. The molecule has 1 N–H and O–H groups in total. The van der Waals surface area contributed by atoms with Gasteiger partial charge in [-0.05, 0) is 71.5 Å². The smallest absolute Gasteiger partial charge is 0.00698 e. The molecule has 19 heavy (non-hydrogen) atoms. The molecule has 0 bridgehead atoms. The second kappa shape index (κ2) is 8.97. The Labute approximate surface area is 121 Å². The van der Waals surface area contributed by atoms with Gasteiger partial charge in [-0.2, -0.15) is 0 Å². The molecule has 0 aromatic heterocycles. The predicted octanol–water partition coefficient (Wildman–Crippen LogP) is 3.91. The maximum absolute atomic E-state index is 3.79. The van der Waals surface area contributed by atoms with Crippen molar-refractivity contribution in [1.29, 1.82) is 0 Å². The van der Waals surface area contributed by atoms with Gasteiger partial charge < -0.3 is 10.2 Å². The molecule has 0 spiro atoms. The summed E-state index contributed by atoms with van der Waals surface area (Å²) >= 11 is 0. The van der Waals surface area contributed by atoms with E-state index in [0.717, 1.165) is 17.9 Å². The largest absolute Gasteiger partial charge is 0.314 e. The maximum Gasteiger partial charge on any atom is 0.00698 e. The maximum atomic E-state index is 3.79. The zero-order valence-electron chi connectivity index (χ0n) is 13.9. The van der Waals surface area contributed by atoms with E-state index in [-0.39, 0.29) is 0 Å². The summed E-state index contributed by atoms with van der Waals surface area (Å²) < 4.78 is 0. The standard InChI is InChI=1S/C17H36N2/c1-14(2)16-9-8-10-17(13-16)18-11-6-7-12-19(5)15(3)4/h14-18H,6-13H2,1-5H3. The first-order valence-corrected chi connectivity index (χ1v) is 8.44. The third-order valence-corrected chi connectivity index (χ3v) is 4.91. The second-order valence-electron chi connectivity index (χ2n) is 7.10. The third-order valence-electron chi connectivity index (χ3n) is 4.91. The highest BCUT2D eigenvalue weighted by Gasteiger charge is 2.23. The van der Waals surface area contributed by atoms with Crippen LogP contribution in [-0.4, -0.2) is 37.1 Å². The molecule has 0 saturated heterocycles. The van der Waals surface area contributed by atoms with E-state index in [2.05, 4.69) is 45.0 Å². The van der Waals surface area contributed by atoms with Crippen molar-refractivity contribution in [3.8, 4) is 0 Å². The van der Waals surface area contributed by atoms with Gasteiger partial charge in [0, 0.05) is 12.1 Å². The number of nitrogens with zero attached hydrogens (tertiary/aromatic N) is 1. The van der Waals surface area contributed by atoms with Crippen LogP contribution in [0.3, 0.4) is 0 Å². The number of unbranched alkanes of at least 4 members (excludes halogenated alkanes) is 1. The highest BCUT2D eigenvalue weighted by molar-refractivity contribution is 4.79. The van der Waals surface area contributed by atoms with E-state index >= 15 is 0 Å². The molecule has 2 atom stereocenters. The summed E-state index contributed by atoms with van der Waals surface area (Å²) in [5, 5.41) is 3.79. The van der Waals surface area contributed by atoms with Crippen LogP contribution in [-0.2, 0) is 0 Å². The Morgan fingerprint density at radius 2 is 1.84 bits per heavy atom. The van der Waals surface area contributed by atoms with Crippen LogP contribution in [0.15, 0.2) is 0 Å². The van der Waals surface area contributed by atoms with Gasteiger partial charge in [0.05, 0.1) is 0 Å². The van der Waals surface area contributed by atoms with Crippen molar-refractivity contribution >= 4 is 0 Å². The van der Waals surface area contributed by atoms with E-state index in [1.807, 2.05) is 0 Å². The molecule has 1 saturated carbocycles. The lowest BCUT2D eigenvalue weighted by Gasteiger charge is -2.32. The highest BCUT2D eigenvalue weighted by atomic mass is 15.1. The van der Waals surface area contributed by atoms with Gasteiger partial charge in [0.25, 0.3) is 0 Å². The summed E-state index contributed by atoms with van der Waals surface area (Å²) in [5.74, 6) is 1.82. The van der Waals surface area contributed by atoms with E-state index in [9.17, 15) is 0 Å². The van der Waals surface area contributed by atoms with Crippen LogP contribution in [0, 0.1) is 11.8 Å². The molecule has 0 aliphatic heterocycles. The van der Waals surface area contributed by atoms with Gasteiger partial charge in [-0.1, -0.05) is 26.7 Å². The quantitative estimate of drug-likeness (QED) is 0.671. The Kier molecular flexibility index (Phi) is 8.01. The summed E-state index contributed by atoms with van der Waals surface area (Å²) in [6, 6.07) is 1.47. The van der Waals surface area contributed by atoms with Crippen molar-refractivity contribution < 1.29 is 0 Å². The van der Waals surface area contributed by atoms with Gasteiger partial charge in [0.2, 0.25) is 0 Å². The van der Waals surface area contributed by atoms with Crippen molar-refractivity contribution in [2.45, 2.75) is 78.3 Å². The van der Waals surface area contributed by atoms with E-state index < -0.39 is 0 Å². The van der Waals surface area contributed by atoms with Crippen LogP contribution in [0.1, 0.15) is 66.2 Å². The van der Waals surface area contributed by atoms with Gasteiger partial charge in [-0.15, -0.1) is 0 Å². The highest BCUT2D eigenvalue weighted by Crippen LogP contribution is 2.29. The van der Waals surface area contributed by atoms with Crippen molar-refractivity contribution in [3.63, 3.8) is 0 Å². The van der Waals surface area contributed by atoms with Crippen molar-refractivity contribution in [2.24, 2.45) is 11.8 Å². The van der Waals surface area contributed by atoms with Gasteiger partial charge in [0.15, 0.2) is 0 Å². The zero-order valence-corrected chi connectivity index (χ0v) is 13.9. The fourth-order valence-electron chi connectivity index (χ4n) is 3.07. The summed E-state index contributed by atoms with van der Waals surface area (Å²) in [6.45, 7) is 11.8. The number of nitrogens with one attached hydrogen (secondary N) is 1. The molecular weight excluding hydrogens is 232 g/mol. The Hall–Kier alpha value is -0.0800. The molecule has 0 amide bonds. The van der Waals surface area contributed by atoms with Crippen LogP contribution in [0.2, 0.25) is 0 Å². The first-order chi connectivity index (χ1) is 9.00. The lowest BCUT2D eigenvalue weighted by molar-refractivity contribution is 0.229. The molecule has 2 nitrogen and oxygen atoms in total.